The molecule has 0 saturated heterocycles. The first-order valence-electron chi connectivity index (χ1n) is 4.67. The van der Waals surface area contributed by atoms with Crippen LogP contribution in [-0.4, -0.2) is 71.4 Å². The summed E-state index contributed by atoms with van der Waals surface area (Å²) in [6.45, 7) is -0.659. The van der Waals surface area contributed by atoms with Gasteiger partial charge in [-0.1, -0.05) is 0 Å². The molecule has 0 aliphatic heterocycles. The van der Waals surface area contributed by atoms with Crippen molar-refractivity contribution in [2.45, 2.75) is 18.3 Å². The van der Waals surface area contributed by atoms with Crippen LogP contribution in [0.1, 0.15) is 0 Å². The van der Waals surface area contributed by atoms with Crippen LogP contribution in [0.3, 0.4) is 0 Å². The highest BCUT2D eigenvalue weighted by Crippen LogP contribution is 2.01. The molecule has 0 fully saturated rings. The molecule has 0 aromatic carbocycles. The van der Waals surface area contributed by atoms with Crippen LogP contribution in [0, 0.1) is 0 Å². The van der Waals surface area contributed by atoms with Crippen molar-refractivity contribution in [1.29, 1.82) is 0 Å². The Bertz CT molecular complexity index is 246. The van der Waals surface area contributed by atoms with Crippen molar-refractivity contribution in [3.63, 3.8) is 0 Å². The number of aliphatic hydroxyl groups is 4. The second kappa shape index (κ2) is 7.99. The number of hydrogen-bond donors (Lipinski definition) is 6. The van der Waals surface area contributed by atoms with E-state index in [2.05, 4.69) is 21.1 Å². The Kier molecular flexibility index (Phi) is 7.38. The van der Waals surface area contributed by atoms with Crippen molar-refractivity contribution in [3.05, 3.63) is 0 Å². The van der Waals surface area contributed by atoms with Crippen LogP contribution in [0.4, 0.5) is 0 Å². The molecule has 6 N–H and O–H groups in total. The molecule has 8 nitrogen and oxygen atoms in total. The van der Waals surface area contributed by atoms with Crippen molar-refractivity contribution in [1.82, 2.24) is 10.9 Å². The Morgan fingerprint density at radius 2 is 1.88 bits per heavy atom. The molecule has 0 heterocycles. The second-order valence-corrected chi connectivity index (χ2v) is 2.93. The minimum Gasteiger partial charge on any atom is -0.394 e. The van der Waals surface area contributed by atoms with Gasteiger partial charge < -0.3 is 31.3 Å². The van der Waals surface area contributed by atoms with Gasteiger partial charge in [-0.2, -0.15) is 10.2 Å². The number of hydrogen-bond acceptors (Lipinski definition) is 8. The van der Waals surface area contributed by atoms with Gasteiger partial charge in [0.05, 0.1) is 12.8 Å². The first-order chi connectivity index (χ1) is 7.58. The van der Waals surface area contributed by atoms with E-state index in [1.165, 1.54) is 13.3 Å². The third kappa shape index (κ3) is 4.53. The van der Waals surface area contributed by atoms with E-state index in [0.717, 1.165) is 0 Å². The normalized spacial score (nSPS) is 18.2. The zero-order chi connectivity index (χ0) is 12.6. The minimum absolute atomic E-state index is 0.0249. The van der Waals surface area contributed by atoms with Crippen LogP contribution in [-0.2, 0) is 0 Å². The van der Waals surface area contributed by atoms with E-state index >= 15 is 0 Å². The lowest BCUT2D eigenvalue weighted by Gasteiger charge is -2.21. The molecule has 16 heavy (non-hydrogen) atoms. The average Bonchev–Trinajstić information content (AvgIpc) is 2.31. The van der Waals surface area contributed by atoms with Gasteiger partial charge in [-0.25, -0.2) is 0 Å². The molecular weight excluding hydrogens is 216 g/mol. The summed E-state index contributed by atoms with van der Waals surface area (Å²) >= 11 is 0. The maximum atomic E-state index is 9.63. The van der Waals surface area contributed by atoms with Gasteiger partial charge in [0.15, 0.2) is 0 Å². The Hall–Kier alpha value is -1.22. The highest BCUT2D eigenvalue weighted by Gasteiger charge is 2.27. The Labute approximate surface area is 93.3 Å². The van der Waals surface area contributed by atoms with E-state index in [-0.39, 0.29) is 5.71 Å². The van der Waals surface area contributed by atoms with Crippen LogP contribution in [0.15, 0.2) is 10.2 Å². The van der Waals surface area contributed by atoms with Gasteiger partial charge in [0.25, 0.3) is 0 Å². The van der Waals surface area contributed by atoms with Crippen molar-refractivity contribution < 1.29 is 20.4 Å². The standard InChI is InChI=1S/C8H18N4O4/c1-9-11-3-5(12-10-2)7(15)8(16)6(14)4-13/h3,6-10,13-16H,4H2,1-2H3/b11-3-,12-5-. The zero-order valence-corrected chi connectivity index (χ0v) is 9.20. The SMILES string of the molecule is CN/N=C\C(=N\NC)C(O)C(O)C(O)CO. The van der Waals surface area contributed by atoms with E-state index in [0.29, 0.717) is 0 Å². The summed E-state index contributed by atoms with van der Waals surface area (Å²) in [4.78, 5) is 0. The molecule has 94 valence electrons. The molecule has 0 aromatic heterocycles. The maximum Gasteiger partial charge on any atom is 0.128 e. The topological polar surface area (TPSA) is 130 Å². The zero-order valence-electron chi connectivity index (χ0n) is 9.20. The third-order valence-electron chi connectivity index (χ3n) is 1.77. The molecule has 0 radical (unpaired) electrons. The van der Waals surface area contributed by atoms with Gasteiger partial charge in [0.2, 0.25) is 0 Å². The first-order valence-corrected chi connectivity index (χ1v) is 4.67. The maximum absolute atomic E-state index is 9.63. The quantitative estimate of drug-likeness (QED) is 0.204. The molecule has 8 heteroatoms. The number of nitrogens with one attached hydrogen (secondary N) is 2. The minimum atomic E-state index is -1.54. The van der Waals surface area contributed by atoms with Gasteiger partial charge in [-0.3, -0.25) is 0 Å². The Balaban J connectivity index is 4.67. The van der Waals surface area contributed by atoms with E-state index in [4.69, 9.17) is 10.2 Å². The van der Waals surface area contributed by atoms with Gasteiger partial charge in [-0.15, -0.1) is 0 Å². The fourth-order valence-electron chi connectivity index (χ4n) is 0.925. The predicted molar refractivity (Wildman–Crippen MR) is 59.2 cm³/mol. The van der Waals surface area contributed by atoms with E-state index in [1.54, 1.807) is 7.05 Å². The Morgan fingerprint density at radius 3 is 2.31 bits per heavy atom. The number of aliphatic hydroxyl groups excluding tert-OH is 4. The van der Waals surface area contributed by atoms with Crippen LogP contribution in [0.5, 0.6) is 0 Å². The van der Waals surface area contributed by atoms with Crippen molar-refractivity contribution in [3.8, 4) is 0 Å². The highest BCUT2D eigenvalue weighted by atomic mass is 16.4. The molecular formula is C8H18N4O4. The molecule has 0 spiro atoms. The summed E-state index contributed by atoms with van der Waals surface area (Å²) in [5.41, 5.74) is 4.90. The van der Waals surface area contributed by atoms with Crippen LogP contribution < -0.4 is 10.9 Å². The van der Waals surface area contributed by atoms with Crippen LogP contribution >= 0.6 is 0 Å². The predicted octanol–water partition coefficient (Wildman–Crippen LogP) is -3.16. The summed E-state index contributed by atoms with van der Waals surface area (Å²) < 4.78 is 0. The average molecular weight is 234 g/mol. The second-order valence-electron chi connectivity index (χ2n) is 2.93. The lowest BCUT2D eigenvalue weighted by atomic mass is 10.0. The molecule has 0 amide bonds. The molecule has 0 aliphatic carbocycles. The van der Waals surface area contributed by atoms with Crippen molar-refractivity contribution in [2.24, 2.45) is 10.2 Å². The summed E-state index contributed by atoms with van der Waals surface area (Å²) in [5, 5.41) is 44.1. The third-order valence-corrected chi connectivity index (χ3v) is 1.77. The van der Waals surface area contributed by atoms with Gasteiger partial charge >= 0.3 is 0 Å². The summed E-state index contributed by atoms with van der Waals surface area (Å²) in [5.74, 6) is 0. The van der Waals surface area contributed by atoms with E-state index in [1.807, 2.05) is 0 Å². The van der Waals surface area contributed by atoms with E-state index < -0.39 is 24.9 Å². The molecule has 0 saturated carbocycles. The molecule has 0 bridgehead atoms. The summed E-state index contributed by atoms with van der Waals surface area (Å²) in [6, 6.07) is 0. The summed E-state index contributed by atoms with van der Waals surface area (Å²) in [6.07, 6.45) is -3.25. The van der Waals surface area contributed by atoms with Gasteiger partial charge in [-0.05, 0) is 0 Å². The van der Waals surface area contributed by atoms with Crippen LogP contribution in [0.25, 0.3) is 0 Å². The largest absolute Gasteiger partial charge is 0.394 e. The van der Waals surface area contributed by atoms with Crippen molar-refractivity contribution >= 4 is 11.9 Å². The smallest absolute Gasteiger partial charge is 0.128 e. The van der Waals surface area contributed by atoms with Gasteiger partial charge in [0.1, 0.15) is 24.0 Å². The highest BCUT2D eigenvalue weighted by molar-refractivity contribution is 6.32. The fraction of sp³-hybridized carbons (Fsp3) is 0.750. The fourth-order valence-corrected chi connectivity index (χ4v) is 0.925. The lowest BCUT2D eigenvalue weighted by molar-refractivity contribution is -0.0549. The number of rotatable bonds is 7. The molecule has 3 atom stereocenters. The van der Waals surface area contributed by atoms with Crippen molar-refractivity contribution in [2.75, 3.05) is 20.7 Å². The number of hydrazone groups is 2. The monoisotopic (exact) mass is 234 g/mol. The Morgan fingerprint density at radius 1 is 1.25 bits per heavy atom. The molecule has 0 aromatic rings. The van der Waals surface area contributed by atoms with Crippen LogP contribution in [0.2, 0.25) is 0 Å². The first kappa shape index (κ1) is 14.8. The summed E-state index contributed by atoms with van der Waals surface area (Å²) in [7, 11) is 3.06. The van der Waals surface area contributed by atoms with E-state index in [9.17, 15) is 10.2 Å². The number of nitrogens with zero attached hydrogens (tertiary/aromatic N) is 2. The molecule has 3 unspecified atom stereocenters. The molecule has 0 aliphatic rings. The van der Waals surface area contributed by atoms with Gasteiger partial charge in [0, 0.05) is 14.1 Å². The lowest BCUT2D eigenvalue weighted by Crippen LogP contribution is -2.44. The molecule has 0 rings (SSSR count).